The van der Waals surface area contributed by atoms with Crippen LogP contribution < -0.4 is 10.2 Å². The molecule has 1 N–H and O–H groups in total. The number of nitrogens with zero attached hydrogens (tertiary/aromatic N) is 1. The highest BCUT2D eigenvalue weighted by atomic mass is 16.1. The van der Waals surface area contributed by atoms with Crippen LogP contribution in [0, 0.1) is 0 Å². The Bertz CT molecular complexity index is 637. The summed E-state index contributed by atoms with van der Waals surface area (Å²) >= 11 is 0. The summed E-state index contributed by atoms with van der Waals surface area (Å²) in [6, 6.07) is 19.6. The van der Waals surface area contributed by atoms with E-state index in [0.717, 1.165) is 24.4 Å². The Morgan fingerprint density at radius 3 is 2.33 bits per heavy atom. The molecule has 3 rings (SSSR count). The number of carbonyl (C=O) groups excluding carboxylic acids is 1. The van der Waals surface area contributed by atoms with Crippen molar-refractivity contribution in [2.24, 2.45) is 0 Å². The van der Waals surface area contributed by atoms with Crippen molar-refractivity contribution in [1.82, 2.24) is 5.32 Å². The maximum absolute atomic E-state index is 12.2. The van der Waals surface area contributed by atoms with Crippen LogP contribution in [-0.4, -0.2) is 18.5 Å². The highest BCUT2D eigenvalue weighted by Crippen LogP contribution is 2.27. The SMILES string of the molecule is C=C1CC(NC(=O)c2ccccc2)CN1c1ccccc1. The fourth-order valence-corrected chi connectivity index (χ4v) is 2.66. The molecular weight excluding hydrogens is 260 g/mol. The van der Waals surface area contributed by atoms with E-state index in [9.17, 15) is 4.79 Å². The van der Waals surface area contributed by atoms with E-state index in [1.54, 1.807) is 0 Å². The second-order valence-corrected chi connectivity index (χ2v) is 5.25. The summed E-state index contributed by atoms with van der Waals surface area (Å²) in [7, 11) is 0. The average molecular weight is 278 g/mol. The number of para-hydroxylation sites is 1. The van der Waals surface area contributed by atoms with E-state index in [-0.39, 0.29) is 11.9 Å². The summed E-state index contributed by atoms with van der Waals surface area (Å²) in [4.78, 5) is 14.4. The summed E-state index contributed by atoms with van der Waals surface area (Å²) in [5.74, 6) is -0.0247. The van der Waals surface area contributed by atoms with Crippen molar-refractivity contribution in [3.05, 3.63) is 78.5 Å². The molecule has 0 bridgehead atoms. The van der Waals surface area contributed by atoms with E-state index in [1.165, 1.54) is 0 Å². The normalized spacial score (nSPS) is 17.8. The first-order valence-corrected chi connectivity index (χ1v) is 7.10. The molecule has 0 saturated carbocycles. The molecule has 1 aliphatic rings. The Hall–Kier alpha value is -2.55. The van der Waals surface area contributed by atoms with Crippen LogP contribution in [0.5, 0.6) is 0 Å². The van der Waals surface area contributed by atoms with Gasteiger partial charge < -0.3 is 10.2 Å². The Labute approximate surface area is 124 Å². The van der Waals surface area contributed by atoms with Gasteiger partial charge >= 0.3 is 0 Å². The van der Waals surface area contributed by atoms with Crippen LogP contribution in [-0.2, 0) is 0 Å². The van der Waals surface area contributed by atoms with Crippen LogP contribution in [0.2, 0.25) is 0 Å². The molecule has 1 aliphatic heterocycles. The van der Waals surface area contributed by atoms with Gasteiger partial charge in [-0.15, -0.1) is 0 Å². The summed E-state index contributed by atoms with van der Waals surface area (Å²) in [6.07, 6.45) is 0.785. The maximum atomic E-state index is 12.2. The van der Waals surface area contributed by atoms with Gasteiger partial charge in [0, 0.05) is 29.9 Å². The van der Waals surface area contributed by atoms with Gasteiger partial charge in [0.15, 0.2) is 0 Å². The quantitative estimate of drug-likeness (QED) is 0.935. The van der Waals surface area contributed by atoms with Gasteiger partial charge in [0.2, 0.25) is 0 Å². The van der Waals surface area contributed by atoms with Crippen LogP contribution in [0.1, 0.15) is 16.8 Å². The number of carbonyl (C=O) groups is 1. The minimum Gasteiger partial charge on any atom is -0.347 e. The van der Waals surface area contributed by atoms with Crippen molar-refractivity contribution in [2.45, 2.75) is 12.5 Å². The smallest absolute Gasteiger partial charge is 0.251 e. The average Bonchev–Trinajstić information content (AvgIpc) is 2.89. The molecule has 0 radical (unpaired) electrons. The second kappa shape index (κ2) is 5.83. The first-order chi connectivity index (χ1) is 10.2. The van der Waals surface area contributed by atoms with Crippen LogP contribution in [0.25, 0.3) is 0 Å². The lowest BCUT2D eigenvalue weighted by molar-refractivity contribution is 0.0941. The first-order valence-electron chi connectivity index (χ1n) is 7.10. The largest absolute Gasteiger partial charge is 0.347 e. The molecule has 1 fully saturated rings. The van der Waals surface area contributed by atoms with Gasteiger partial charge in [0.25, 0.3) is 5.91 Å². The lowest BCUT2D eigenvalue weighted by atomic mass is 10.2. The molecule has 1 heterocycles. The zero-order valence-corrected chi connectivity index (χ0v) is 11.8. The van der Waals surface area contributed by atoms with E-state index >= 15 is 0 Å². The van der Waals surface area contributed by atoms with E-state index < -0.39 is 0 Å². The molecule has 106 valence electrons. The highest BCUT2D eigenvalue weighted by Gasteiger charge is 2.27. The third kappa shape index (κ3) is 2.97. The molecule has 1 amide bonds. The molecule has 3 heteroatoms. The van der Waals surface area contributed by atoms with Crippen molar-refractivity contribution in [2.75, 3.05) is 11.4 Å². The first kappa shape index (κ1) is 13.4. The van der Waals surface area contributed by atoms with Crippen LogP contribution in [0.15, 0.2) is 72.9 Å². The van der Waals surface area contributed by atoms with Crippen molar-refractivity contribution < 1.29 is 4.79 Å². The summed E-state index contributed by atoms with van der Waals surface area (Å²) < 4.78 is 0. The number of rotatable bonds is 3. The number of amides is 1. The molecular formula is C18H18N2O. The Balaban J connectivity index is 1.67. The van der Waals surface area contributed by atoms with Crippen molar-refractivity contribution in [3.8, 4) is 0 Å². The van der Waals surface area contributed by atoms with Gasteiger partial charge in [-0.3, -0.25) is 4.79 Å². The third-order valence-electron chi connectivity index (χ3n) is 3.71. The lowest BCUT2D eigenvalue weighted by Crippen LogP contribution is -2.37. The van der Waals surface area contributed by atoms with Gasteiger partial charge in [-0.05, 0) is 24.3 Å². The monoisotopic (exact) mass is 278 g/mol. The molecule has 1 saturated heterocycles. The van der Waals surface area contributed by atoms with Crippen molar-refractivity contribution >= 4 is 11.6 Å². The topological polar surface area (TPSA) is 32.3 Å². The van der Waals surface area contributed by atoms with Crippen LogP contribution in [0.3, 0.4) is 0 Å². The molecule has 2 aromatic rings. The zero-order valence-electron chi connectivity index (χ0n) is 11.8. The van der Waals surface area contributed by atoms with Crippen LogP contribution in [0.4, 0.5) is 5.69 Å². The van der Waals surface area contributed by atoms with Crippen molar-refractivity contribution in [1.29, 1.82) is 0 Å². The highest BCUT2D eigenvalue weighted by molar-refractivity contribution is 5.94. The third-order valence-corrected chi connectivity index (χ3v) is 3.71. The maximum Gasteiger partial charge on any atom is 0.251 e. The molecule has 0 aromatic heterocycles. The van der Waals surface area contributed by atoms with Gasteiger partial charge in [-0.25, -0.2) is 0 Å². The molecule has 21 heavy (non-hydrogen) atoms. The minimum atomic E-state index is -0.0247. The number of hydrogen-bond acceptors (Lipinski definition) is 2. The lowest BCUT2D eigenvalue weighted by Gasteiger charge is -2.19. The fraction of sp³-hybridized carbons (Fsp3) is 0.167. The fourth-order valence-electron chi connectivity index (χ4n) is 2.66. The van der Waals surface area contributed by atoms with E-state index in [1.807, 2.05) is 48.5 Å². The van der Waals surface area contributed by atoms with E-state index in [2.05, 4.69) is 28.9 Å². The molecule has 2 aromatic carbocycles. The van der Waals surface area contributed by atoms with Crippen LogP contribution >= 0.6 is 0 Å². The Morgan fingerprint density at radius 1 is 1.05 bits per heavy atom. The number of benzene rings is 2. The number of nitrogens with one attached hydrogen (secondary N) is 1. The van der Waals surface area contributed by atoms with Crippen molar-refractivity contribution in [3.63, 3.8) is 0 Å². The molecule has 0 aliphatic carbocycles. The zero-order chi connectivity index (χ0) is 14.7. The number of anilines is 1. The van der Waals surface area contributed by atoms with Gasteiger partial charge in [-0.1, -0.05) is 43.0 Å². The van der Waals surface area contributed by atoms with E-state index in [0.29, 0.717) is 5.56 Å². The minimum absolute atomic E-state index is 0.0247. The molecule has 3 nitrogen and oxygen atoms in total. The van der Waals surface area contributed by atoms with Gasteiger partial charge in [0.05, 0.1) is 6.04 Å². The summed E-state index contributed by atoms with van der Waals surface area (Å²) in [6.45, 7) is 4.88. The summed E-state index contributed by atoms with van der Waals surface area (Å²) in [5, 5.41) is 3.08. The van der Waals surface area contributed by atoms with Gasteiger partial charge in [0.1, 0.15) is 0 Å². The molecule has 1 atom stereocenters. The Kier molecular flexibility index (Phi) is 3.73. The summed E-state index contributed by atoms with van der Waals surface area (Å²) in [5.41, 5.74) is 2.86. The molecule has 0 spiro atoms. The second-order valence-electron chi connectivity index (χ2n) is 5.25. The molecule has 1 unspecified atom stereocenters. The standard InChI is InChI=1S/C18H18N2O/c1-14-12-16(13-20(14)17-10-6-3-7-11-17)19-18(21)15-8-4-2-5-9-15/h2-11,16H,1,12-13H2,(H,19,21). The predicted octanol–water partition coefficient (Wildman–Crippen LogP) is 3.21. The predicted molar refractivity (Wildman–Crippen MR) is 85.2 cm³/mol. The van der Waals surface area contributed by atoms with E-state index in [4.69, 9.17) is 0 Å². The van der Waals surface area contributed by atoms with Gasteiger partial charge in [-0.2, -0.15) is 0 Å². The Morgan fingerprint density at radius 2 is 1.67 bits per heavy atom. The number of hydrogen-bond donors (Lipinski definition) is 1.